The maximum atomic E-state index is 6.25. The van der Waals surface area contributed by atoms with Crippen LogP contribution in [0.2, 0.25) is 0 Å². The second-order valence-electron chi connectivity index (χ2n) is 9.86. The van der Waals surface area contributed by atoms with Crippen LogP contribution in [0.3, 0.4) is 0 Å². The average molecular weight is 542 g/mol. The minimum Gasteiger partial charge on any atom is -0.379 e. The molecule has 3 nitrogen and oxygen atoms in total. The zero-order chi connectivity index (χ0) is 26.4. The fourth-order valence-corrected chi connectivity index (χ4v) is 6.05. The molecule has 0 aliphatic rings. The zero-order valence-corrected chi connectivity index (χ0v) is 25.7. The first-order valence-electron chi connectivity index (χ1n) is 14.7. The van der Waals surface area contributed by atoms with E-state index in [4.69, 9.17) is 9.47 Å². The Hall–Kier alpha value is -0.200. The number of hydrogen-bond acceptors (Lipinski definition) is 5. The summed E-state index contributed by atoms with van der Waals surface area (Å²) in [6.07, 6.45) is 30.2. The SMILES string of the molecule is C=CC/C=C\CCCCCCCCOC(COCCCCCCCC/C=C\C)CSSCCN(C)C. The van der Waals surface area contributed by atoms with E-state index in [2.05, 4.69) is 56.8 Å². The van der Waals surface area contributed by atoms with Gasteiger partial charge in [0.2, 0.25) is 0 Å². The molecule has 36 heavy (non-hydrogen) atoms. The van der Waals surface area contributed by atoms with Crippen molar-refractivity contribution in [3.63, 3.8) is 0 Å². The van der Waals surface area contributed by atoms with Gasteiger partial charge in [-0.1, -0.05) is 103 Å². The lowest BCUT2D eigenvalue weighted by Gasteiger charge is -2.18. The molecule has 212 valence electrons. The minimum atomic E-state index is 0.218. The lowest BCUT2D eigenvalue weighted by molar-refractivity contribution is -0.00609. The van der Waals surface area contributed by atoms with Gasteiger partial charge in [-0.2, -0.15) is 0 Å². The summed E-state index contributed by atoms with van der Waals surface area (Å²) in [7, 11) is 8.17. The molecule has 0 heterocycles. The average Bonchev–Trinajstić information content (AvgIpc) is 2.87. The van der Waals surface area contributed by atoms with E-state index in [1.807, 2.05) is 27.7 Å². The number of allylic oxidation sites excluding steroid dienone is 5. The van der Waals surface area contributed by atoms with E-state index in [9.17, 15) is 0 Å². The summed E-state index contributed by atoms with van der Waals surface area (Å²) in [5, 5.41) is 0. The highest BCUT2D eigenvalue weighted by molar-refractivity contribution is 8.76. The van der Waals surface area contributed by atoms with Crippen LogP contribution in [-0.4, -0.2) is 63.0 Å². The van der Waals surface area contributed by atoms with Crippen molar-refractivity contribution in [2.45, 2.75) is 109 Å². The molecule has 0 amide bonds. The molecule has 1 atom stereocenters. The lowest BCUT2D eigenvalue weighted by Crippen LogP contribution is -2.23. The molecule has 0 aromatic rings. The normalized spacial score (nSPS) is 12.9. The Bertz CT molecular complexity index is 497. The van der Waals surface area contributed by atoms with Crippen molar-refractivity contribution in [3.8, 4) is 0 Å². The molecule has 0 aliphatic heterocycles. The Morgan fingerprint density at radius 3 is 2.00 bits per heavy atom. The maximum Gasteiger partial charge on any atom is 0.0906 e. The van der Waals surface area contributed by atoms with Crippen molar-refractivity contribution in [2.75, 3.05) is 52.0 Å². The van der Waals surface area contributed by atoms with Crippen LogP contribution in [-0.2, 0) is 9.47 Å². The predicted molar refractivity (Wildman–Crippen MR) is 167 cm³/mol. The van der Waals surface area contributed by atoms with Gasteiger partial charge in [0.15, 0.2) is 0 Å². The Kier molecular flexibility index (Phi) is 30.8. The highest BCUT2D eigenvalue weighted by Crippen LogP contribution is 2.23. The molecule has 0 saturated carbocycles. The molecule has 0 spiro atoms. The number of unbranched alkanes of at least 4 members (excludes halogenated alkanes) is 12. The summed E-state index contributed by atoms with van der Waals surface area (Å²) < 4.78 is 12.3. The van der Waals surface area contributed by atoms with Crippen LogP contribution in [0.15, 0.2) is 37.0 Å². The van der Waals surface area contributed by atoms with Crippen LogP contribution >= 0.6 is 21.6 Å². The molecule has 0 aliphatic carbocycles. The van der Waals surface area contributed by atoms with E-state index in [1.54, 1.807) is 0 Å². The molecule has 0 saturated heterocycles. The molecule has 0 fully saturated rings. The molecule has 0 N–H and O–H groups in total. The number of rotatable bonds is 29. The zero-order valence-electron chi connectivity index (χ0n) is 24.1. The molecule has 0 rings (SSSR count). The molecule has 0 bridgehead atoms. The van der Waals surface area contributed by atoms with Gasteiger partial charge in [-0.05, 0) is 66.0 Å². The number of nitrogens with zero attached hydrogens (tertiary/aromatic N) is 1. The topological polar surface area (TPSA) is 21.7 Å². The van der Waals surface area contributed by atoms with Crippen LogP contribution in [0.5, 0.6) is 0 Å². The van der Waals surface area contributed by atoms with Gasteiger partial charge in [-0.15, -0.1) is 6.58 Å². The second kappa shape index (κ2) is 31.0. The van der Waals surface area contributed by atoms with E-state index in [1.165, 1.54) is 89.9 Å². The molecule has 0 aromatic heterocycles. The van der Waals surface area contributed by atoms with Crippen LogP contribution in [0.1, 0.15) is 103 Å². The maximum absolute atomic E-state index is 6.25. The highest BCUT2D eigenvalue weighted by atomic mass is 33.1. The van der Waals surface area contributed by atoms with E-state index >= 15 is 0 Å². The second-order valence-corrected chi connectivity index (χ2v) is 12.5. The molecule has 1 unspecified atom stereocenters. The predicted octanol–water partition coefficient (Wildman–Crippen LogP) is 9.50. The summed E-state index contributed by atoms with van der Waals surface area (Å²) in [5.41, 5.74) is 0. The molecule has 0 aromatic carbocycles. The smallest absolute Gasteiger partial charge is 0.0906 e. The summed E-state index contributed by atoms with van der Waals surface area (Å²) in [4.78, 5) is 2.24. The lowest BCUT2D eigenvalue weighted by atomic mass is 10.1. The third-order valence-electron chi connectivity index (χ3n) is 6.00. The first-order chi connectivity index (χ1) is 17.7. The Morgan fingerprint density at radius 2 is 1.36 bits per heavy atom. The van der Waals surface area contributed by atoms with Gasteiger partial charge in [0.05, 0.1) is 12.7 Å². The van der Waals surface area contributed by atoms with Crippen LogP contribution in [0.25, 0.3) is 0 Å². The molecular formula is C31H59NO2S2. The number of hydrogen-bond donors (Lipinski definition) is 0. The first-order valence-corrected chi connectivity index (χ1v) is 17.1. The van der Waals surface area contributed by atoms with E-state index in [0.717, 1.165) is 44.3 Å². The first kappa shape index (κ1) is 35.8. The molecule has 5 heteroatoms. The van der Waals surface area contributed by atoms with Gasteiger partial charge >= 0.3 is 0 Å². The third-order valence-corrected chi connectivity index (χ3v) is 8.43. The van der Waals surface area contributed by atoms with Gasteiger partial charge in [-0.3, -0.25) is 0 Å². The summed E-state index contributed by atoms with van der Waals surface area (Å²) in [5.74, 6) is 2.17. The Balaban J connectivity index is 3.85. The standard InChI is InChI=1S/C31H59NO2S2/c1-5-7-9-11-13-15-16-18-20-22-24-27-34-31(30-36-35-28-25-32(3)4)29-33-26-23-21-19-17-14-12-10-8-6-2/h5-6,8-9,11,31H,1,7,10,12-30H2,2-4H3/b8-6-,11-9-. The van der Waals surface area contributed by atoms with E-state index in [0.29, 0.717) is 0 Å². The third kappa shape index (κ3) is 30.0. The number of ether oxygens (including phenoxy) is 2. The van der Waals surface area contributed by atoms with Gasteiger partial charge in [-0.25, -0.2) is 0 Å². The summed E-state index contributed by atoms with van der Waals surface area (Å²) in [6.45, 7) is 9.46. The molecular weight excluding hydrogens is 482 g/mol. The van der Waals surface area contributed by atoms with Crippen molar-refractivity contribution < 1.29 is 9.47 Å². The van der Waals surface area contributed by atoms with Crippen molar-refractivity contribution >= 4 is 21.6 Å². The van der Waals surface area contributed by atoms with Gasteiger partial charge in [0.25, 0.3) is 0 Å². The molecule has 0 radical (unpaired) electrons. The minimum absolute atomic E-state index is 0.218. The Morgan fingerprint density at radius 1 is 0.750 bits per heavy atom. The fourth-order valence-electron chi connectivity index (χ4n) is 3.73. The van der Waals surface area contributed by atoms with Gasteiger partial charge in [0.1, 0.15) is 0 Å². The Labute approximate surface area is 233 Å². The van der Waals surface area contributed by atoms with Crippen LogP contribution in [0, 0.1) is 0 Å². The quantitative estimate of drug-likeness (QED) is 0.0532. The van der Waals surface area contributed by atoms with Crippen molar-refractivity contribution in [2.24, 2.45) is 0 Å². The van der Waals surface area contributed by atoms with Crippen molar-refractivity contribution in [1.82, 2.24) is 4.90 Å². The van der Waals surface area contributed by atoms with E-state index < -0.39 is 0 Å². The highest BCUT2D eigenvalue weighted by Gasteiger charge is 2.10. The monoisotopic (exact) mass is 541 g/mol. The van der Waals surface area contributed by atoms with Crippen LogP contribution < -0.4 is 0 Å². The summed E-state index contributed by atoms with van der Waals surface area (Å²) >= 11 is 0. The van der Waals surface area contributed by atoms with Gasteiger partial charge in [0, 0.05) is 31.3 Å². The van der Waals surface area contributed by atoms with Crippen LogP contribution in [0.4, 0.5) is 0 Å². The largest absolute Gasteiger partial charge is 0.379 e. The summed E-state index contributed by atoms with van der Waals surface area (Å²) in [6, 6.07) is 0. The van der Waals surface area contributed by atoms with Gasteiger partial charge < -0.3 is 14.4 Å². The fraction of sp³-hybridized carbons (Fsp3) is 0.806. The van der Waals surface area contributed by atoms with Crippen molar-refractivity contribution in [1.29, 1.82) is 0 Å². The van der Waals surface area contributed by atoms with Crippen molar-refractivity contribution in [3.05, 3.63) is 37.0 Å². The van der Waals surface area contributed by atoms with E-state index in [-0.39, 0.29) is 6.10 Å².